The van der Waals surface area contributed by atoms with E-state index in [4.69, 9.17) is 4.74 Å². The number of ether oxygens (including phenoxy) is 1. The van der Waals surface area contributed by atoms with Crippen molar-refractivity contribution in [2.24, 2.45) is 5.92 Å². The summed E-state index contributed by atoms with van der Waals surface area (Å²) in [5.41, 5.74) is 2.22. The van der Waals surface area contributed by atoms with E-state index in [2.05, 4.69) is 20.5 Å². The van der Waals surface area contributed by atoms with E-state index in [-0.39, 0.29) is 17.3 Å². The molecule has 3 rings (SSSR count). The Morgan fingerprint density at radius 3 is 2.28 bits per heavy atom. The average Bonchev–Trinajstić information content (AvgIpc) is 2.86. The van der Waals surface area contributed by atoms with Crippen LogP contribution in [0, 0.1) is 19.8 Å². The number of likely N-dealkylation sites (N-methyl/N-ethyl adjacent to an activating group) is 1. The lowest BCUT2D eigenvalue weighted by molar-refractivity contribution is -0.126. The van der Waals surface area contributed by atoms with E-state index in [1.807, 2.05) is 12.1 Å². The maximum atomic E-state index is 13.1. The molecule has 1 saturated heterocycles. The number of sulfonamides is 1. The normalized spacial score (nSPS) is 14.5. The molecule has 2 amide bonds. The summed E-state index contributed by atoms with van der Waals surface area (Å²) in [6.45, 7) is 5.14. The lowest BCUT2D eigenvalue weighted by Crippen LogP contribution is -2.44. The SMILES string of the molecule is COc1cc(C)c(S(=O)(=O)N(C)CC(=O)NCC(=O)NCC2CCN(c3ccncc3)CC2)c(C)c1. The molecule has 2 N–H and O–H groups in total. The number of benzene rings is 1. The lowest BCUT2D eigenvalue weighted by atomic mass is 9.96. The number of nitrogens with zero attached hydrogens (tertiary/aromatic N) is 3. The van der Waals surface area contributed by atoms with Crippen LogP contribution in [0.1, 0.15) is 24.0 Å². The van der Waals surface area contributed by atoms with Crippen molar-refractivity contribution < 1.29 is 22.7 Å². The molecule has 1 fully saturated rings. The van der Waals surface area contributed by atoms with Gasteiger partial charge in [-0.05, 0) is 68.0 Å². The van der Waals surface area contributed by atoms with Crippen LogP contribution in [-0.2, 0) is 19.6 Å². The highest BCUT2D eigenvalue weighted by molar-refractivity contribution is 7.89. The van der Waals surface area contributed by atoms with Crippen LogP contribution in [-0.4, -0.2) is 76.4 Å². The fraction of sp³-hybridized carbons (Fsp3) is 0.480. The third kappa shape index (κ3) is 6.94. The molecule has 0 bridgehead atoms. The third-order valence-corrected chi connectivity index (χ3v) is 8.49. The Morgan fingerprint density at radius 1 is 1.08 bits per heavy atom. The molecule has 1 aromatic heterocycles. The number of piperidine rings is 1. The van der Waals surface area contributed by atoms with E-state index in [1.54, 1.807) is 38.4 Å². The minimum Gasteiger partial charge on any atom is -0.497 e. The summed E-state index contributed by atoms with van der Waals surface area (Å²) in [4.78, 5) is 31.1. The van der Waals surface area contributed by atoms with Crippen molar-refractivity contribution >= 4 is 27.5 Å². The fourth-order valence-corrected chi connectivity index (χ4v) is 5.91. The summed E-state index contributed by atoms with van der Waals surface area (Å²) in [5, 5.41) is 5.38. The number of rotatable bonds is 10. The van der Waals surface area contributed by atoms with Gasteiger partial charge in [0.25, 0.3) is 0 Å². The second-order valence-electron chi connectivity index (χ2n) is 9.07. The first-order valence-corrected chi connectivity index (χ1v) is 13.4. The molecule has 36 heavy (non-hydrogen) atoms. The second-order valence-corrected chi connectivity index (χ2v) is 11.0. The fourth-order valence-electron chi connectivity index (χ4n) is 4.38. The Morgan fingerprint density at radius 2 is 1.69 bits per heavy atom. The molecule has 10 nitrogen and oxygen atoms in total. The quantitative estimate of drug-likeness (QED) is 0.490. The number of methoxy groups -OCH3 is 1. The minimum atomic E-state index is -3.90. The van der Waals surface area contributed by atoms with Gasteiger partial charge in [0.15, 0.2) is 0 Å². The van der Waals surface area contributed by atoms with Gasteiger partial charge in [-0.3, -0.25) is 14.6 Å². The topological polar surface area (TPSA) is 121 Å². The molecule has 196 valence electrons. The first kappa shape index (κ1) is 27.4. The van der Waals surface area contributed by atoms with Crippen LogP contribution in [0.5, 0.6) is 5.75 Å². The first-order valence-electron chi connectivity index (χ1n) is 11.9. The minimum absolute atomic E-state index is 0.145. The number of carbonyl (C=O) groups excluding carboxylic acids is 2. The van der Waals surface area contributed by atoms with E-state index in [1.165, 1.54) is 14.2 Å². The zero-order valence-electron chi connectivity index (χ0n) is 21.3. The molecule has 1 aliphatic rings. The average molecular weight is 518 g/mol. The van der Waals surface area contributed by atoms with Gasteiger partial charge in [0, 0.05) is 44.8 Å². The number of anilines is 1. The van der Waals surface area contributed by atoms with E-state index in [0.29, 0.717) is 29.3 Å². The summed E-state index contributed by atoms with van der Waals surface area (Å²) >= 11 is 0. The molecule has 1 aliphatic heterocycles. The molecule has 0 radical (unpaired) electrons. The predicted molar refractivity (Wildman–Crippen MR) is 137 cm³/mol. The molecule has 0 spiro atoms. The standard InChI is InChI=1S/C25H35N5O5S/c1-18-13-22(35-4)14-19(2)25(18)36(33,34)29(3)17-24(32)28-16-23(31)27-15-20-7-11-30(12-8-20)21-5-9-26-10-6-21/h5-6,9-10,13-14,20H,7-8,11-12,15-17H2,1-4H3,(H,27,31)(H,28,32). The molecule has 2 heterocycles. The predicted octanol–water partition coefficient (Wildman–Crippen LogP) is 1.48. The number of hydrogen-bond acceptors (Lipinski definition) is 7. The summed E-state index contributed by atoms with van der Waals surface area (Å²) in [6.07, 6.45) is 5.48. The van der Waals surface area contributed by atoms with Crippen molar-refractivity contribution in [1.29, 1.82) is 0 Å². The molecular weight excluding hydrogens is 482 g/mol. The number of nitrogens with one attached hydrogen (secondary N) is 2. The van der Waals surface area contributed by atoms with Gasteiger partial charge in [-0.15, -0.1) is 0 Å². The smallest absolute Gasteiger partial charge is 0.243 e. The maximum absolute atomic E-state index is 13.1. The van der Waals surface area contributed by atoms with Crippen LogP contribution in [0.2, 0.25) is 0 Å². The van der Waals surface area contributed by atoms with Crippen LogP contribution >= 0.6 is 0 Å². The van der Waals surface area contributed by atoms with Crippen molar-refractivity contribution in [3.8, 4) is 5.75 Å². The first-order chi connectivity index (χ1) is 17.1. The van der Waals surface area contributed by atoms with E-state index in [0.717, 1.165) is 35.9 Å². The lowest BCUT2D eigenvalue weighted by Gasteiger charge is -2.33. The van der Waals surface area contributed by atoms with Gasteiger partial charge in [0.2, 0.25) is 21.8 Å². The summed E-state index contributed by atoms with van der Waals surface area (Å²) in [6, 6.07) is 7.27. The highest BCUT2D eigenvalue weighted by Gasteiger charge is 2.27. The zero-order chi connectivity index (χ0) is 26.3. The van der Waals surface area contributed by atoms with Crippen molar-refractivity contribution in [3.63, 3.8) is 0 Å². The van der Waals surface area contributed by atoms with Gasteiger partial charge in [-0.25, -0.2) is 8.42 Å². The van der Waals surface area contributed by atoms with Crippen LogP contribution in [0.25, 0.3) is 0 Å². The Bertz CT molecular complexity index is 1140. The number of hydrogen-bond donors (Lipinski definition) is 2. The number of aromatic nitrogens is 1. The highest BCUT2D eigenvalue weighted by atomic mass is 32.2. The van der Waals surface area contributed by atoms with Gasteiger partial charge in [-0.2, -0.15) is 4.31 Å². The largest absolute Gasteiger partial charge is 0.497 e. The van der Waals surface area contributed by atoms with Crippen LogP contribution < -0.4 is 20.3 Å². The van der Waals surface area contributed by atoms with Gasteiger partial charge in [-0.1, -0.05) is 0 Å². The molecule has 11 heteroatoms. The molecule has 0 saturated carbocycles. The van der Waals surface area contributed by atoms with E-state index < -0.39 is 22.5 Å². The van der Waals surface area contributed by atoms with E-state index in [9.17, 15) is 18.0 Å². The van der Waals surface area contributed by atoms with Gasteiger partial charge in [0.1, 0.15) is 5.75 Å². The summed E-state index contributed by atoms with van der Waals surface area (Å²) in [5.74, 6) is 0.0858. The Labute approximate surface area is 213 Å². The van der Waals surface area contributed by atoms with Crippen molar-refractivity contribution in [1.82, 2.24) is 19.9 Å². The van der Waals surface area contributed by atoms with Crippen LogP contribution in [0.15, 0.2) is 41.6 Å². The number of pyridine rings is 1. The number of aryl methyl sites for hydroxylation is 2. The van der Waals surface area contributed by atoms with Crippen molar-refractivity contribution in [2.45, 2.75) is 31.6 Å². The van der Waals surface area contributed by atoms with Gasteiger partial charge in [0.05, 0.1) is 25.1 Å². The van der Waals surface area contributed by atoms with Crippen molar-refractivity contribution in [2.75, 3.05) is 51.8 Å². The summed E-state index contributed by atoms with van der Waals surface area (Å²) < 4.78 is 32.3. The van der Waals surface area contributed by atoms with Crippen LogP contribution in [0.4, 0.5) is 5.69 Å². The van der Waals surface area contributed by atoms with Gasteiger partial charge >= 0.3 is 0 Å². The Kier molecular flexibility index (Phi) is 9.27. The third-order valence-electron chi connectivity index (χ3n) is 6.38. The maximum Gasteiger partial charge on any atom is 0.243 e. The number of amides is 2. The molecule has 2 aromatic rings. The molecule has 0 aliphatic carbocycles. The Balaban J connectivity index is 1.42. The molecule has 0 unspecified atom stereocenters. The second kappa shape index (κ2) is 12.2. The summed E-state index contributed by atoms with van der Waals surface area (Å²) in [7, 11) is -1.04. The highest BCUT2D eigenvalue weighted by Crippen LogP contribution is 2.27. The Hall–Kier alpha value is -3.18. The van der Waals surface area contributed by atoms with Crippen molar-refractivity contribution in [3.05, 3.63) is 47.8 Å². The molecule has 1 aromatic carbocycles. The zero-order valence-corrected chi connectivity index (χ0v) is 22.1. The number of carbonyl (C=O) groups is 2. The van der Waals surface area contributed by atoms with Gasteiger partial charge < -0.3 is 20.3 Å². The molecule has 0 atom stereocenters. The molecular formula is C25H35N5O5S. The van der Waals surface area contributed by atoms with Crippen LogP contribution in [0.3, 0.4) is 0 Å². The monoisotopic (exact) mass is 517 g/mol. The van der Waals surface area contributed by atoms with E-state index >= 15 is 0 Å².